The number of esters is 1. The molecule has 1 fully saturated rings. The lowest BCUT2D eigenvalue weighted by Crippen LogP contribution is -2.71. The van der Waals surface area contributed by atoms with Crippen molar-refractivity contribution >= 4 is 57.7 Å². The second kappa shape index (κ2) is 9.11. The number of hydrogen-bond acceptors (Lipinski definition) is 12. The Hall–Kier alpha value is -3.59. The van der Waals surface area contributed by atoms with E-state index in [2.05, 4.69) is 15.5 Å². The maximum atomic E-state index is 12.8. The number of hydrogen-bond donors (Lipinski definition) is 3. The van der Waals surface area contributed by atoms with Crippen LogP contribution in [0.1, 0.15) is 5.69 Å². The third-order valence-electron chi connectivity index (χ3n) is 4.74. The van der Waals surface area contributed by atoms with E-state index in [9.17, 15) is 24.3 Å². The first-order valence-electron chi connectivity index (χ1n) is 9.33. The van der Waals surface area contributed by atoms with Crippen LogP contribution >= 0.6 is 23.1 Å². The quantitative estimate of drug-likeness (QED) is 0.179. The topological polar surface area (TPSA) is 183 Å². The molecule has 3 aliphatic rings. The molecule has 13 nitrogen and oxygen atoms in total. The molecule has 174 valence electrons. The zero-order chi connectivity index (χ0) is 23.7. The van der Waals surface area contributed by atoms with Gasteiger partial charge in [0, 0.05) is 17.0 Å². The highest BCUT2D eigenvalue weighted by Gasteiger charge is 2.55. The largest absolute Gasteiger partial charge is 0.490 e. The van der Waals surface area contributed by atoms with Gasteiger partial charge >= 0.3 is 11.9 Å². The number of anilines is 1. The van der Waals surface area contributed by atoms with E-state index >= 15 is 0 Å². The van der Waals surface area contributed by atoms with Crippen molar-refractivity contribution in [3.8, 4) is 0 Å². The fourth-order valence-corrected chi connectivity index (χ4v) is 5.11. The fraction of sp³-hybridized carbons (Fsp3) is 0.333. The number of carboxylic acid groups (broad SMARTS) is 1. The number of amides is 2. The van der Waals surface area contributed by atoms with E-state index in [1.165, 1.54) is 30.3 Å². The van der Waals surface area contributed by atoms with Crippen LogP contribution in [-0.2, 0) is 33.5 Å². The Kier molecular flexibility index (Phi) is 6.24. The normalized spacial score (nSPS) is 22.3. The van der Waals surface area contributed by atoms with Gasteiger partial charge < -0.3 is 30.5 Å². The number of β-lactam (4-membered cyclic amide) rings is 1. The van der Waals surface area contributed by atoms with Crippen molar-refractivity contribution < 1.29 is 38.6 Å². The number of fused-ring (bicyclic) bond motifs is 1. The van der Waals surface area contributed by atoms with Gasteiger partial charge in [-0.1, -0.05) is 5.16 Å². The molecule has 33 heavy (non-hydrogen) atoms. The van der Waals surface area contributed by atoms with Crippen LogP contribution in [-0.4, -0.2) is 81.9 Å². The number of nitrogens with zero attached hydrogens (tertiary/aromatic N) is 3. The van der Waals surface area contributed by atoms with Gasteiger partial charge in [0.2, 0.25) is 0 Å². The number of oxime groups is 1. The number of nitrogen functional groups attached to an aromatic ring is 1. The highest BCUT2D eigenvalue weighted by Crippen LogP contribution is 2.40. The molecule has 0 bridgehead atoms. The van der Waals surface area contributed by atoms with Crippen LogP contribution in [0.15, 0.2) is 33.6 Å². The monoisotopic (exact) mass is 495 g/mol. The Bertz CT molecular complexity index is 1130. The highest BCUT2D eigenvalue weighted by atomic mass is 32.2. The Labute approximate surface area is 194 Å². The number of nitrogens with two attached hydrogens (primary N) is 1. The zero-order valence-corrected chi connectivity index (χ0v) is 18.6. The van der Waals surface area contributed by atoms with Crippen LogP contribution in [0.5, 0.6) is 0 Å². The minimum Gasteiger partial charge on any atom is -0.490 e. The SMILES string of the molecule is CON=C(C(=O)N[C@@H]1C(=O)N2C(C(=O)O)=C(OCC3=CC(=O)OC3)CS[C@@H]12)c1csc(N)n1. The maximum absolute atomic E-state index is 12.8. The first-order chi connectivity index (χ1) is 15.8. The first kappa shape index (κ1) is 22.6. The van der Waals surface area contributed by atoms with E-state index in [0.29, 0.717) is 5.57 Å². The van der Waals surface area contributed by atoms with Crippen LogP contribution in [0.3, 0.4) is 0 Å². The molecule has 1 aromatic rings. The van der Waals surface area contributed by atoms with Gasteiger partial charge in [0.05, 0.1) is 5.75 Å². The summed E-state index contributed by atoms with van der Waals surface area (Å²) in [6, 6.07) is -0.986. The average Bonchev–Trinajstić information content (AvgIpc) is 3.40. The van der Waals surface area contributed by atoms with E-state index in [1.807, 2.05) is 0 Å². The van der Waals surface area contributed by atoms with E-state index in [-0.39, 0.29) is 47.0 Å². The summed E-state index contributed by atoms with van der Waals surface area (Å²) in [6.45, 7) is 0.0237. The van der Waals surface area contributed by atoms with Crippen molar-refractivity contribution in [2.24, 2.45) is 5.16 Å². The molecular formula is C18H17N5O8S2. The third kappa shape index (κ3) is 4.36. The second-order valence-corrected chi connectivity index (χ2v) is 8.82. The minimum atomic E-state index is -1.35. The van der Waals surface area contributed by atoms with Crippen molar-refractivity contribution in [1.29, 1.82) is 0 Å². The molecule has 4 rings (SSSR count). The fourth-order valence-electron chi connectivity index (χ4n) is 3.28. The number of aliphatic carboxylic acids is 1. The molecular weight excluding hydrogens is 478 g/mol. The molecule has 0 radical (unpaired) electrons. The Morgan fingerprint density at radius 1 is 1.45 bits per heavy atom. The van der Waals surface area contributed by atoms with Crippen molar-refractivity contribution in [1.82, 2.24) is 15.2 Å². The summed E-state index contributed by atoms with van der Waals surface area (Å²) in [5.74, 6) is -2.95. The van der Waals surface area contributed by atoms with Crippen molar-refractivity contribution in [2.45, 2.75) is 11.4 Å². The molecule has 2 atom stereocenters. The highest BCUT2D eigenvalue weighted by molar-refractivity contribution is 8.00. The lowest BCUT2D eigenvalue weighted by Gasteiger charge is -2.48. The Morgan fingerprint density at radius 2 is 2.24 bits per heavy atom. The van der Waals surface area contributed by atoms with Crippen LogP contribution in [0.25, 0.3) is 0 Å². The average molecular weight is 495 g/mol. The molecule has 3 aliphatic heterocycles. The summed E-state index contributed by atoms with van der Waals surface area (Å²) in [7, 11) is 1.26. The molecule has 0 saturated carbocycles. The molecule has 15 heteroatoms. The molecule has 0 unspecified atom stereocenters. The number of carbonyl (C=O) groups excluding carboxylic acids is 3. The van der Waals surface area contributed by atoms with Crippen LogP contribution < -0.4 is 11.1 Å². The van der Waals surface area contributed by atoms with E-state index in [4.69, 9.17) is 20.0 Å². The zero-order valence-electron chi connectivity index (χ0n) is 17.0. The number of ether oxygens (including phenoxy) is 2. The molecule has 1 saturated heterocycles. The number of thiazole rings is 1. The van der Waals surface area contributed by atoms with Gasteiger partial charge in [-0.3, -0.25) is 14.5 Å². The predicted molar refractivity (Wildman–Crippen MR) is 115 cm³/mol. The molecule has 0 aromatic carbocycles. The summed E-state index contributed by atoms with van der Waals surface area (Å²) in [5, 5.41) is 17.0. The molecule has 4 N–H and O–H groups in total. The first-order valence-corrected chi connectivity index (χ1v) is 11.3. The number of thioether (sulfide) groups is 1. The number of carboxylic acids is 1. The summed E-state index contributed by atoms with van der Waals surface area (Å²) in [5.41, 5.74) is 5.86. The lowest BCUT2D eigenvalue weighted by molar-refractivity contribution is -0.150. The number of rotatable bonds is 8. The minimum absolute atomic E-state index is 0.0428. The smallest absolute Gasteiger partial charge is 0.356 e. The number of carbonyl (C=O) groups is 4. The van der Waals surface area contributed by atoms with Gasteiger partial charge in [-0.25, -0.2) is 14.6 Å². The number of cyclic esters (lactones) is 1. The maximum Gasteiger partial charge on any atom is 0.356 e. The molecule has 0 aliphatic carbocycles. The Morgan fingerprint density at radius 3 is 2.85 bits per heavy atom. The van der Waals surface area contributed by atoms with Gasteiger partial charge in [-0.05, 0) is 0 Å². The summed E-state index contributed by atoms with van der Waals surface area (Å²) >= 11 is 2.33. The van der Waals surface area contributed by atoms with Crippen LogP contribution in [0.4, 0.5) is 5.13 Å². The van der Waals surface area contributed by atoms with Crippen LogP contribution in [0.2, 0.25) is 0 Å². The molecule has 4 heterocycles. The van der Waals surface area contributed by atoms with E-state index in [1.54, 1.807) is 0 Å². The number of nitrogens with one attached hydrogen (secondary N) is 1. The van der Waals surface area contributed by atoms with Crippen LogP contribution in [0, 0.1) is 0 Å². The van der Waals surface area contributed by atoms with Gasteiger partial charge in [-0.15, -0.1) is 23.1 Å². The van der Waals surface area contributed by atoms with Crippen molar-refractivity contribution in [2.75, 3.05) is 31.8 Å². The van der Waals surface area contributed by atoms with Gasteiger partial charge in [0.15, 0.2) is 16.5 Å². The van der Waals surface area contributed by atoms with E-state index in [0.717, 1.165) is 16.2 Å². The molecule has 0 spiro atoms. The third-order valence-corrected chi connectivity index (χ3v) is 6.67. The predicted octanol–water partition coefficient (Wildman–Crippen LogP) is -0.728. The molecule has 2 amide bonds. The lowest BCUT2D eigenvalue weighted by atomic mass is 10.0. The Balaban J connectivity index is 1.48. The summed E-state index contributed by atoms with van der Waals surface area (Å²) in [6.07, 6.45) is 1.27. The van der Waals surface area contributed by atoms with Gasteiger partial charge in [0.25, 0.3) is 11.8 Å². The standard InChI is InChI=1S/C18H17N5O8S2/c1-29-22-11(8-5-33-18(19)20-8)14(25)21-12-15(26)23-13(17(27)28)9(6-32-16(12)23)30-3-7-2-10(24)31-4-7/h2,5,12,16H,3-4,6H2,1H3,(H2,19,20)(H,21,25)(H,27,28)/t12-,16+/m1/s1. The number of aromatic nitrogens is 1. The van der Waals surface area contributed by atoms with Crippen molar-refractivity contribution in [3.05, 3.63) is 34.2 Å². The van der Waals surface area contributed by atoms with E-state index < -0.39 is 35.2 Å². The van der Waals surface area contributed by atoms with Crippen molar-refractivity contribution in [3.63, 3.8) is 0 Å². The molecule has 1 aromatic heterocycles. The second-order valence-electron chi connectivity index (χ2n) is 6.83. The van der Waals surface area contributed by atoms with Gasteiger partial charge in [-0.2, -0.15) is 0 Å². The summed E-state index contributed by atoms with van der Waals surface area (Å²) < 4.78 is 10.4. The van der Waals surface area contributed by atoms with Gasteiger partial charge in [0.1, 0.15) is 43.2 Å². The summed E-state index contributed by atoms with van der Waals surface area (Å²) in [4.78, 5) is 58.3.